The van der Waals surface area contributed by atoms with Crippen molar-refractivity contribution in [2.75, 3.05) is 13.7 Å². The Labute approximate surface area is 81.3 Å². The van der Waals surface area contributed by atoms with E-state index in [1.165, 1.54) is 12.8 Å². The normalized spacial score (nSPS) is 44.1. The molecule has 0 radical (unpaired) electrons. The molecule has 2 aliphatic rings. The van der Waals surface area contributed by atoms with Crippen LogP contribution in [0, 0.1) is 5.92 Å². The van der Waals surface area contributed by atoms with E-state index >= 15 is 0 Å². The molecule has 0 aromatic rings. The van der Waals surface area contributed by atoms with Gasteiger partial charge in [-0.15, -0.1) is 0 Å². The highest BCUT2D eigenvalue weighted by molar-refractivity contribution is 5.15. The fraction of sp³-hybridized carbons (Fsp3) is 1.00. The van der Waals surface area contributed by atoms with E-state index in [0.717, 1.165) is 12.5 Å². The van der Waals surface area contributed by atoms with Gasteiger partial charge in [0.2, 0.25) is 0 Å². The zero-order valence-electron chi connectivity index (χ0n) is 9.21. The Morgan fingerprint density at radius 2 is 2.23 bits per heavy atom. The summed E-state index contributed by atoms with van der Waals surface area (Å²) in [5.74, 6) is 0.957. The van der Waals surface area contributed by atoms with Gasteiger partial charge in [0.05, 0.1) is 12.7 Å². The zero-order chi connectivity index (χ0) is 9.64. The first-order chi connectivity index (χ1) is 6.04. The maximum Gasteiger partial charge on any atom is 0.0625 e. The molecule has 0 aromatic carbocycles. The molecule has 3 atom stereocenters. The highest BCUT2D eigenvalue weighted by atomic mass is 16.5. The first-order valence-corrected chi connectivity index (χ1v) is 5.38. The van der Waals surface area contributed by atoms with Crippen LogP contribution in [0.15, 0.2) is 0 Å². The topological polar surface area (TPSA) is 12.5 Å². The average Bonchev–Trinajstić information content (AvgIpc) is 2.64. The number of ether oxygens (including phenoxy) is 1. The number of nitrogens with zero attached hydrogens (tertiary/aromatic N) is 1. The molecule has 1 saturated heterocycles. The summed E-state index contributed by atoms with van der Waals surface area (Å²) in [4.78, 5) is 2.53. The van der Waals surface area contributed by atoms with E-state index in [2.05, 4.69) is 32.7 Å². The number of piperidine rings is 1. The first kappa shape index (κ1) is 9.47. The van der Waals surface area contributed by atoms with Gasteiger partial charge in [0.1, 0.15) is 0 Å². The molecule has 0 N–H and O–H groups in total. The highest BCUT2D eigenvalue weighted by Gasteiger charge is 2.60. The number of hydrogen-bond donors (Lipinski definition) is 0. The monoisotopic (exact) mass is 183 g/mol. The molecule has 2 fully saturated rings. The molecular formula is C11H21NO. The lowest BCUT2D eigenvalue weighted by Crippen LogP contribution is -2.38. The van der Waals surface area contributed by atoms with Crippen LogP contribution in [-0.4, -0.2) is 36.2 Å². The van der Waals surface area contributed by atoms with Gasteiger partial charge in [-0.25, -0.2) is 0 Å². The van der Waals surface area contributed by atoms with Crippen molar-refractivity contribution >= 4 is 0 Å². The van der Waals surface area contributed by atoms with Crippen molar-refractivity contribution in [1.82, 2.24) is 4.90 Å². The van der Waals surface area contributed by atoms with Gasteiger partial charge in [-0.2, -0.15) is 0 Å². The van der Waals surface area contributed by atoms with Crippen molar-refractivity contribution in [3.63, 3.8) is 0 Å². The molecule has 0 unspecified atom stereocenters. The Morgan fingerprint density at radius 1 is 1.54 bits per heavy atom. The van der Waals surface area contributed by atoms with Gasteiger partial charge in [-0.3, -0.25) is 4.90 Å². The summed E-state index contributed by atoms with van der Waals surface area (Å²) < 4.78 is 5.67. The second-order valence-electron chi connectivity index (χ2n) is 5.14. The van der Waals surface area contributed by atoms with Crippen molar-refractivity contribution in [2.24, 2.45) is 5.92 Å². The second kappa shape index (κ2) is 2.96. The Balaban J connectivity index is 1.83. The van der Waals surface area contributed by atoms with E-state index in [9.17, 15) is 0 Å². The lowest BCUT2D eigenvalue weighted by Gasteiger charge is -2.28. The van der Waals surface area contributed by atoms with Crippen molar-refractivity contribution in [3.05, 3.63) is 0 Å². The molecule has 0 spiro atoms. The van der Waals surface area contributed by atoms with Crippen LogP contribution >= 0.6 is 0 Å². The van der Waals surface area contributed by atoms with E-state index in [1.807, 2.05) is 0 Å². The maximum atomic E-state index is 5.67. The van der Waals surface area contributed by atoms with Crippen LogP contribution in [0.5, 0.6) is 0 Å². The van der Waals surface area contributed by atoms with E-state index in [-0.39, 0.29) is 0 Å². The summed E-state index contributed by atoms with van der Waals surface area (Å²) >= 11 is 0. The van der Waals surface area contributed by atoms with Gasteiger partial charge in [-0.05, 0) is 46.6 Å². The quantitative estimate of drug-likeness (QED) is 0.662. The predicted molar refractivity (Wildman–Crippen MR) is 53.8 cm³/mol. The minimum Gasteiger partial charge on any atom is -0.377 e. The fourth-order valence-electron chi connectivity index (χ4n) is 2.60. The average molecular weight is 183 g/mol. The molecule has 2 heteroatoms. The number of likely N-dealkylation sites (tertiary alicyclic amines) is 1. The highest BCUT2D eigenvalue weighted by Crippen LogP contribution is 2.56. The van der Waals surface area contributed by atoms with Crippen molar-refractivity contribution in [1.29, 1.82) is 0 Å². The summed E-state index contributed by atoms with van der Waals surface area (Å²) in [5, 5.41) is 0. The molecule has 1 saturated carbocycles. The maximum absolute atomic E-state index is 5.67. The molecule has 13 heavy (non-hydrogen) atoms. The third kappa shape index (κ3) is 1.50. The van der Waals surface area contributed by atoms with Crippen molar-refractivity contribution < 1.29 is 4.74 Å². The molecule has 2 rings (SSSR count). The number of hydrogen-bond acceptors (Lipinski definition) is 2. The van der Waals surface area contributed by atoms with Gasteiger partial charge in [0.15, 0.2) is 0 Å². The summed E-state index contributed by atoms with van der Waals surface area (Å²) in [6.45, 7) is 7.52. The molecule has 0 bridgehead atoms. The molecule has 1 aliphatic carbocycles. The number of likely N-dealkylation sites (N-methyl/N-ethyl adjacent to an activating group) is 1. The van der Waals surface area contributed by atoms with Crippen LogP contribution in [0.2, 0.25) is 0 Å². The Morgan fingerprint density at radius 3 is 2.69 bits per heavy atom. The minimum absolute atomic E-state index is 0.373. The lowest BCUT2D eigenvalue weighted by molar-refractivity contribution is 0.0296. The van der Waals surface area contributed by atoms with Gasteiger partial charge in [0.25, 0.3) is 0 Å². The van der Waals surface area contributed by atoms with E-state index in [4.69, 9.17) is 4.74 Å². The molecule has 76 valence electrons. The van der Waals surface area contributed by atoms with Crippen LogP contribution in [0.3, 0.4) is 0 Å². The largest absolute Gasteiger partial charge is 0.377 e. The Bertz CT molecular complexity index is 204. The summed E-state index contributed by atoms with van der Waals surface area (Å²) in [7, 11) is 2.25. The van der Waals surface area contributed by atoms with Crippen molar-refractivity contribution in [3.8, 4) is 0 Å². The van der Waals surface area contributed by atoms with E-state index in [0.29, 0.717) is 17.7 Å². The van der Waals surface area contributed by atoms with Gasteiger partial charge in [0, 0.05) is 11.6 Å². The minimum atomic E-state index is 0.373. The van der Waals surface area contributed by atoms with Crippen LogP contribution in [0.4, 0.5) is 0 Å². The third-order valence-corrected chi connectivity index (χ3v) is 3.91. The van der Waals surface area contributed by atoms with Crippen LogP contribution in [-0.2, 0) is 4.74 Å². The fourth-order valence-corrected chi connectivity index (χ4v) is 2.60. The second-order valence-corrected chi connectivity index (χ2v) is 5.14. The molecule has 2 nitrogen and oxygen atoms in total. The predicted octanol–water partition coefficient (Wildman–Crippen LogP) is 1.89. The van der Waals surface area contributed by atoms with Crippen LogP contribution in [0.1, 0.15) is 33.6 Å². The van der Waals surface area contributed by atoms with E-state index < -0.39 is 0 Å². The van der Waals surface area contributed by atoms with Gasteiger partial charge in [-0.1, -0.05) is 0 Å². The van der Waals surface area contributed by atoms with Gasteiger partial charge < -0.3 is 4.74 Å². The molecule has 1 aliphatic heterocycles. The SMILES string of the molecule is CC(C)OC[C@@H]1C[C@@H]2C[C@]2(C)N1C. The van der Waals surface area contributed by atoms with E-state index in [1.54, 1.807) is 0 Å². The third-order valence-electron chi connectivity index (χ3n) is 3.91. The molecular weight excluding hydrogens is 162 g/mol. The van der Waals surface area contributed by atoms with Crippen molar-refractivity contribution in [2.45, 2.75) is 51.3 Å². The summed E-state index contributed by atoms with van der Waals surface area (Å²) in [6, 6.07) is 0.672. The standard InChI is InChI=1S/C11H21NO/c1-8(2)13-7-10-5-9-6-11(9,3)12(10)4/h8-10H,5-7H2,1-4H3/t9-,10+,11+/m1/s1. The van der Waals surface area contributed by atoms with Crippen LogP contribution in [0.25, 0.3) is 0 Å². The number of fused-ring (bicyclic) bond motifs is 1. The Kier molecular flexibility index (Phi) is 2.16. The summed E-state index contributed by atoms with van der Waals surface area (Å²) in [5.41, 5.74) is 0.533. The summed E-state index contributed by atoms with van der Waals surface area (Å²) in [6.07, 6.45) is 3.12. The first-order valence-electron chi connectivity index (χ1n) is 5.38. The smallest absolute Gasteiger partial charge is 0.0625 e. The molecule has 0 aromatic heterocycles. The lowest BCUT2D eigenvalue weighted by atomic mass is 10.2. The Hall–Kier alpha value is -0.0800. The number of rotatable bonds is 3. The van der Waals surface area contributed by atoms with Crippen LogP contribution < -0.4 is 0 Å². The molecule has 1 heterocycles. The molecule has 0 amide bonds. The van der Waals surface area contributed by atoms with Gasteiger partial charge >= 0.3 is 0 Å². The zero-order valence-corrected chi connectivity index (χ0v) is 9.21.